The van der Waals surface area contributed by atoms with Crippen molar-refractivity contribution in [2.24, 2.45) is 0 Å². The van der Waals surface area contributed by atoms with E-state index in [4.69, 9.17) is 4.74 Å². The Morgan fingerprint density at radius 3 is 2.31 bits per heavy atom. The van der Waals surface area contributed by atoms with Crippen LogP contribution in [0.25, 0.3) is 0 Å². The van der Waals surface area contributed by atoms with Crippen molar-refractivity contribution < 1.29 is 9.84 Å². The molecule has 1 aliphatic heterocycles. The van der Waals surface area contributed by atoms with E-state index in [-0.39, 0.29) is 6.04 Å². The quantitative estimate of drug-likeness (QED) is 0.753. The zero-order chi connectivity index (χ0) is 17.9. The Morgan fingerprint density at radius 2 is 1.58 bits per heavy atom. The van der Waals surface area contributed by atoms with Gasteiger partial charge in [-0.05, 0) is 41.3 Å². The highest BCUT2D eigenvalue weighted by molar-refractivity contribution is 5.43. The normalized spacial score (nSPS) is 15.3. The minimum atomic E-state index is 0.00969. The number of phenols is 1. The molecule has 3 aromatic rings. The molecule has 1 N–H and O–H groups in total. The van der Waals surface area contributed by atoms with Crippen LogP contribution in [0.2, 0.25) is 0 Å². The lowest BCUT2D eigenvalue weighted by Crippen LogP contribution is -2.34. The largest absolute Gasteiger partial charge is 0.508 e. The van der Waals surface area contributed by atoms with E-state index in [0.29, 0.717) is 5.75 Å². The first kappa shape index (κ1) is 16.7. The first-order chi connectivity index (χ1) is 12.8. The maximum absolute atomic E-state index is 10.5. The van der Waals surface area contributed by atoms with Crippen molar-refractivity contribution in [2.45, 2.75) is 19.0 Å². The molecule has 0 fully saturated rings. The Kier molecular flexibility index (Phi) is 4.63. The van der Waals surface area contributed by atoms with Gasteiger partial charge in [0.25, 0.3) is 0 Å². The fourth-order valence-corrected chi connectivity index (χ4v) is 3.83. The Bertz CT molecular complexity index is 889. The molecule has 0 aliphatic carbocycles. The van der Waals surface area contributed by atoms with Crippen molar-refractivity contribution >= 4 is 0 Å². The van der Waals surface area contributed by atoms with Crippen molar-refractivity contribution in [2.75, 3.05) is 13.7 Å². The van der Waals surface area contributed by atoms with E-state index in [1.807, 2.05) is 30.3 Å². The van der Waals surface area contributed by atoms with Crippen LogP contribution < -0.4 is 4.74 Å². The molecular formula is C23H23NO2. The summed E-state index contributed by atoms with van der Waals surface area (Å²) in [5, 5.41) is 10.5. The lowest BCUT2D eigenvalue weighted by atomic mass is 9.92. The van der Waals surface area contributed by atoms with E-state index < -0.39 is 0 Å². The first-order valence-corrected chi connectivity index (χ1v) is 8.99. The fourth-order valence-electron chi connectivity index (χ4n) is 3.83. The lowest BCUT2D eigenvalue weighted by Gasteiger charge is -2.36. The van der Waals surface area contributed by atoms with Crippen molar-refractivity contribution in [3.05, 3.63) is 95.1 Å². The molecule has 1 atom stereocenters. The third-order valence-corrected chi connectivity index (χ3v) is 5.19. The molecule has 0 amide bonds. The Morgan fingerprint density at radius 1 is 0.885 bits per heavy atom. The van der Waals surface area contributed by atoms with Gasteiger partial charge in [0, 0.05) is 18.7 Å². The number of hydrogen-bond acceptors (Lipinski definition) is 3. The second-order valence-electron chi connectivity index (χ2n) is 6.72. The Labute approximate surface area is 154 Å². The average molecular weight is 345 g/mol. The molecule has 0 unspecified atom stereocenters. The van der Waals surface area contributed by atoms with Crippen LogP contribution in [0.5, 0.6) is 11.5 Å². The van der Waals surface area contributed by atoms with Gasteiger partial charge in [-0.2, -0.15) is 0 Å². The van der Waals surface area contributed by atoms with E-state index in [2.05, 4.69) is 41.3 Å². The second kappa shape index (κ2) is 7.22. The third kappa shape index (κ3) is 3.18. The van der Waals surface area contributed by atoms with Crippen LogP contribution >= 0.6 is 0 Å². The number of phenolic OH excluding ortho intramolecular Hbond substituents is 1. The minimum absolute atomic E-state index is 0.00969. The zero-order valence-electron chi connectivity index (χ0n) is 14.9. The molecular weight excluding hydrogens is 322 g/mol. The lowest BCUT2D eigenvalue weighted by molar-refractivity contribution is 0.203. The predicted molar refractivity (Wildman–Crippen MR) is 103 cm³/mol. The van der Waals surface area contributed by atoms with Gasteiger partial charge in [-0.3, -0.25) is 4.90 Å². The smallest absolute Gasteiger partial charge is 0.120 e. The second-order valence-corrected chi connectivity index (χ2v) is 6.72. The molecule has 1 heterocycles. The van der Waals surface area contributed by atoms with E-state index in [0.717, 1.165) is 36.4 Å². The van der Waals surface area contributed by atoms with Crippen molar-refractivity contribution in [3.8, 4) is 11.5 Å². The van der Waals surface area contributed by atoms with Crippen LogP contribution in [0.3, 0.4) is 0 Å². The molecule has 132 valence electrons. The summed E-state index contributed by atoms with van der Waals surface area (Å²) in [4.78, 5) is 2.44. The standard InChI is InChI=1S/C23H23NO2/c1-26-20-12-10-18(11-13-20)23(21-8-4-5-9-22(21)25)24-15-14-17-6-2-3-7-19(17)16-24/h2-13,23,25H,14-16H2,1H3/t23-/m1/s1. The number of aromatic hydroxyl groups is 1. The predicted octanol–water partition coefficient (Wildman–Crippen LogP) is 4.55. The number of nitrogens with zero attached hydrogens (tertiary/aromatic N) is 1. The molecule has 1 aliphatic rings. The van der Waals surface area contributed by atoms with Crippen LogP contribution in [-0.2, 0) is 13.0 Å². The average Bonchev–Trinajstić information content (AvgIpc) is 2.70. The molecule has 3 aromatic carbocycles. The van der Waals surface area contributed by atoms with Crippen LogP contribution in [0.15, 0.2) is 72.8 Å². The molecule has 0 radical (unpaired) electrons. The number of hydrogen-bond donors (Lipinski definition) is 1. The molecule has 0 aromatic heterocycles. The summed E-state index contributed by atoms with van der Waals surface area (Å²) < 4.78 is 5.31. The Balaban J connectivity index is 1.75. The number of para-hydroxylation sites is 1. The van der Waals surface area contributed by atoms with Crippen LogP contribution in [0, 0.1) is 0 Å². The molecule has 0 saturated heterocycles. The summed E-state index contributed by atoms with van der Waals surface area (Å²) in [5.41, 5.74) is 4.89. The van der Waals surface area contributed by atoms with Gasteiger partial charge in [0.1, 0.15) is 11.5 Å². The van der Waals surface area contributed by atoms with Gasteiger partial charge in [-0.15, -0.1) is 0 Å². The van der Waals surface area contributed by atoms with Crippen LogP contribution in [0.1, 0.15) is 28.3 Å². The van der Waals surface area contributed by atoms with Crippen molar-refractivity contribution in [3.63, 3.8) is 0 Å². The molecule has 3 nitrogen and oxygen atoms in total. The molecule has 4 rings (SSSR count). The maximum Gasteiger partial charge on any atom is 0.120 e. The summed E-state index contributed by atoms with van der Waals surface area (Å²) in [5.74, 6) is 1.18. The fraction of sp³-hybridized carbons (Fsp3) is 0.217. The molecule has 0 spiro atoms. The van der Waals surface area contributed by atoms with Gasteiger partial charge in [0.15, 0.2) is 0 Å². The van der Waals surface area contributed by atoms with E-state index in [1.54, 1.807) is 13.2 Å². The third-order valence-electron chi connectivity index (χ3n) is 5.19. The number of fused-ring (bicyclic) bond motifs is 1. The molecule has 3 heteroatoms. The van der Waals surface area contributed by atoms with Gasteiger partial charge >= 0.3 is 0 Å². The SMILES string of the molecule is COc1ccc([C@H](c2ccccc2O)N2CCc3ccccc3C2)cc1. The molecule has 0 saturated carbocycles. The topological polar surface area (TPSA) is 32.7 Å². The van der Waals surface area contributed by atoms with Gasteiger partial charge in [-0.1, -0.05) is 54.6 Å². The zero-order valence-corrected chi connectivity index (χ0v) is 14.9. The number of rotatable bonds is 4. The molecule has 26 heavy (non-hydrogen) atoms. The van der Waals surface area contributed by atoms with Gasteiger partial charge in [0.2, 0.25) is 0 Å². The van der Waals surface area contributed by atoms with Gasteiger partial charge in [-0.25, -0.2) is 0 Å². The molecule has 0 bridgehead atoms. The van der Waals surface area contributed by atoms with E-state index in [1.165, 1.54) is 11.1 Å². The van der Waals surface area contributed by atoms with Crippen LogP contribution in [-0.4, -0.2) is 23.7 Å². The highest BCUT2D eigenvalue weighted by atomic mass is 16.5. The maximum atomic E-state index is 10.5. The van der Waals surface area contributed by atoms with E-state index in [9.17, 15) is 5.11 Å². The summed E-state index contributed by atoms with van der Waals surface area (Å²) in [6, 6.07) is 24.5. The summed E-state index contributed by atoms with van der Waals surface area (Å²) >= 11 is 0. The number of ether oxygens (including phenoxy) is 1. The number of methoxy groups -OCH3 is 1. The highest BCUT2D eigenvalue weighted by Crippen LogP contribution is 2.37. The number of benzene rings is 3. The highest BCUT2D eigenvalue weighted by Gasteiger charge is 2.27. The summed E-state index contributed by atoms with van der Waals surface area (Å²) in [6.45, 7) is 1.84. The monoisotopic (exact) mass is 345 g/mol. The van der Waals surface area contributed by atoms with Crippen molar-refractivity contribution in [1.29, 1.82) is 0 Å². The van der Waals surface area contributed by atoms with Crippen LogP contribution in [0.4, 0.5) is 0 Å². The summed E-state index contributed by atoms with van der Waals surface area (Å²) in [6.07, 6.45) is 1.02. The van der Waals surface area contributed by atoms with Gasteiger partial charge < -0.3 is 9.84 Å². The minimum Gasteiger partial charge on any atom is -0.508 e. The van der Waals surface area contributed by atoms with Crippen molar-refractivity contribution in [1.82, 2.24) is 4.90 Å². The Hall–Kier alpha value is -2.78. The first-order valence-electron chi connectivity index (χ1n) is 8.99. The summed E-state index contributed by atoms with van der Waals surface area (Å²) in [7, 11) is 1.68. The van der Waals surface area contributed by atoms with Gasteiger partial charge in [0.05, 0.1) is 13.2 Å². The van der Waals surface area contributed by atoms with E-state index >= 15 is 0 Å².